The van der Waals surface area contributed by atoms with E-state index in [-0.39, 0.29) is 30.0 Å². The summed E-state index contributed by atoms with van der Waals surface area (Å²) in [5, 5.41) is 31.3. The summed E-state index contributed by atoms with van der Waals surface area (Å²) in [6.07, 6.45) is 0.742. The number of aromatic nitrogens is 3. The molecule has 2 aromatic heterocycles. The summed E-state index contributed by atoms with van der Waals surface area (Å²) >= 11 is 0. The zero-order chi connectivity index (χ0) is 16.4. The fourth-order valence-corrected chi connectivity index (χ4v) is 2.52. The molecular weight excluding hydrogens is 288 g/mol. The van der Waals surface area contributed by atoms with E-state index in [2.05, 4.69) is 4.98 Å². The maximum atomic E-state index is 12.3. The summed E-state index contributed by atoms with van der Waals surface area (Å²) in [5.41, 5.74) is 0.426. The molecule has 8 heteroatoms. The van der Waals surface area contributed by atoms with Gasteiger partial charge in [0.1, 0.15) is 0 Å². The topological polar surface area (TPSA) is 107 Å². The normalized spacial score (nSPS) is 13.2. The predicted molar refractivity (Wildman–Crippen MR) is 79.7 cm³/mol. The highest BCUT2D eigenvalue weighted by Crippen LogP contribution is 2.22. The van der Waals surface area contributed by atoms with Gasteiger partial charge in [0.05, 0.1) is 31.1 Å². The molecule has 122 valence electrons. The van der Waals surface area contributed by atoms with Crippen LogP contribution < -0.4 is 10.7 Å². The van der Waals surface area contributed by atoms with E-state index in [4.69, 9.17) is 5.11 Å². The molecule has 0 bridgehead atoms. The Labute approximate surface area is 127 Å². The van der Waals surface area contributed by atoms with Crippen molar-refractivity contribution in [2.45, 2.75) is 19.6 Å². The molecule has 2 aromatic rings. The Morgan fingerprint density at radius 1 is 1.50 bits per heavy atom. The van der Waals surface area contributed by atoms with Gasteiger partial charge in [0, 0.05) is 25.7 Å². The van der Waals surface area contributed by atoms with Crippen molar-refractivity contribution in [2.24, 2.45) is 7.05 Å². The number of imidazole rings is 1. The minimum Gasteiger partial charge on any atom is -0.871 e. The highest BCUT2D eigenvalue weighted by Gasteiger charge is 2.15. The number of nitrogens with zero attached hydrogens (tertiary/aromatic N) is 4. The zero-order valence-electron chi connectivity index (χ0n) is 13.0. The molecule has 0 spiro atoms. The molecule has 0 aliphatic heterocycles. The maximum Gasteiger partial charge on any atom is 0.254 e. The summed E-state index contributed by atoms with van der Waals surface area (Å²) in [7, 11) is 3.36. The van der Waals surface area contributed by atoms with Crippen LogP contribution in [0.1, 0.15) is 5.56 Å². The van der Waals surface area contributed by atoms with Crippen molar-refractivity contribution in [3.8, 4) is 5.75 Å². The number of aliphatic hydroxyl groups is 2. The summed E-state index contributed by atoms with van der Waals surface area (Å²) in [4.78, 5) is 17.8. The van der Waals surface area contributed by atoms with E-state index in [1.165, 1.54) is 17.8 Å². The van der Waals surface area contributed by atoms with Crippen molar-refractivity contribution in [2.75, 3.05) is 26.7 Å². The van der Waals surface area contributed by atoms with Crippen LogP contribution in [0.3, 0.4) is 0 Å². The average Bonchev–Trinajstić information content (AvgIpc) is 2.86. The first kappa shape index (κ1) is 16.5. The Kier molecular flexibility index (Phi) is 4.84. The first-order valence-electron chi connectivity index (χ1n) is 7.05. The molecule has 0 saturated heterocycles. The summed E-state index contributed by atoms with van der Waals surface area (Å²) in [6.45, 7) is 2.52. The molecule has 0 radical (unpaired) electrons. The number of rotatable bonds is 6. The molecule has 0 fully saturated rings. The fourth-order valence-electron chi connectivity index (χ4n) is 2.52. The predicted octanol–water partition coefficient (Wildman–Crippen LogP) is -1.60. The van der Waals surface area contributed by atoms with Crippen LogP contribution in [0, 0.1) is 6.92 Å². The second kappa shape index (κ2) is 6.47. The lowest BCUT2D eigenvalue weighted by Gasteiger charge is -2.21. The van der Waals surface area contributed by atoms with Crippen LogP contribution in [0.4, 0.5) is 0 Å². The van der Waals surface area contributed by atoms with E-state index in [1.807, 2.05) is 0 Å². The van der Waals surface area contributed by atoms with Gasteiger partial charge in [-0.05, 0) is 14.0 Å². The minimum absolute atomic E-state index is 0.0171. The maximum absolute atomic E-state index is 12.3. The van der Waals surface area contributed by atoms with E-state index in [1.54, 1.807) is 23.6 Å². The van der Waals surface area contributed by atoms with Crippen molar-refractivity contribution in [1.29, 1.82) is 0 Å². The van der Waals surface area contributed by atoms with Gasteiger partial charge in [-0.15, -0.1) is 0 Å². The van der Waals surface area contributed by atoms with Crippen molar-refractivity contribution in [1.82, 2.24) is 19.0 Å². The van der Waals surface area contributed by atoms with Gasteiger partial charge in [-0.3, -0.25) is 9.36 Å². The summed E-state index contributed by atoms with van der Waals surface area (Å²) in [5.74, 6) is -0.355. The quantitative estimate of drug-likeness (QED) is 0.666. The lowest BCUT2D eigenvalue weighted by atomic mass is 10.2. The second-order valence-electron chi connectivity index (χ2n) is 5.53. The Balaban J connectivity index is 2.32. The molecule has 0 amide bonds. The molecule has 1 unspecified atom stereocenters. The molecule has 22 heavy (non-hydrogen) atoms. The molecule has 0 aliphatic carbocycles. The Morgan fingerprint density at radius 2 is 2.18 bits per heavy atom. The average molecular weight is 309 g/mol. The van der Waals surface area contributed by atoms with Crippen LogP contribution in [-0.4, -0.2) is 62.1 Å². The monoisotopic (exact) mass is 309 g/mol. The van der Waals surface area contributed by atoms with Gasteiger partial charge in [-0.2, -0.15) is 0 Å². The number of aryl methyl sites for hydroxylation is 1. The van der Waals surface area contributed by atoms with Gasteiger partial charge in [-0.25, -0.2) is 4.98 Å². The fraction of sp³-hybridized carbons (Fsp3) is 0.571. The van der Waals surface area contributed by atoms with Crippen molar-refractivity contribution < 1.29 is 15.3 Å². The molecule has 0 aliphatic rings. The summed E-state index contributed by atoms with van der Waals surface area (Å²) < 4.78 is 2.91. The van der Waals surface area contributed by atoms with E-state index in [0.717, 1.165) is 0 Å². The Bertz CT molecular complexity index is 722. The number of hydrogen-bond acceptors (Lipinski definition) is 6. The SMILES string of the molecule is Cc1c([O-])c2c(ncn2CC(O)CN(C)CCO)n(C)c1=O. The number of hydrogen-bond donors (Lipinski definition) is 2. The van der Waals surface area contributed by atoms with Crippen LogP contribution in [0.25, 0.3) is 11.2 Å². The first-order chi connectivity index (χ1) is 10.4. The van der Waals surface area contributed by atoms with Crippen molar-refractivity contribution in [3.05, 3.63) is 22.2 Å². The summed E-state index contributed by atoms with van der Waals surface area (Å²) in [6, 6.07) is 0. The van der Waals surface area contributed by atoms with Crippen LogP contribution in [0.5, 0.6) is 5.75 Å². The number of likely N-dealkylation sites (N-methyl/N-ethyl adjacent to an activating group) is 1. The van der Waals surface area contributed by atoms with Gasteiger partial charge in [0.25, 0.3) is 5.56 Å². The number of fused-ring (bicyclic) bond motifs is 1. The largest absolute Gasteiger partial charge is 0.871 e. The lowest BCUT2D eigenvalue weighted by molar-refractivity contribution is -0.267. The lowest BCUT2D eigenvalue weighted by Crippen LogP contribution is -2.33. The second-order valence-corrected chi connectivity index (χ2v) is 5.53. The number of aliphatic hydroxyl groups excluding tert-OH is 2. The first-order valence-corrected chi connectivity index (χ1v) is 7.05. The Morgan fingerprint density at radius 3 is 2.82 bits per heavy atom. The molecule has 8 nitrogen and oxygen atoms in total. The number of pyridine rings is 1. The highest BCUT2D eigenvalue weighted by atomic mass is 16.3. The third kappa shape index (κ3) is 2.99. The third-order valence-corrected chi connectivity index (χ3v) is 3.73. The van der Waals surface area contributed by atoms with Gasteiger partial charge in [-0.1, -0.05) is 5.75 Å². The van der Waals surface area contributed by atoms with Crippen LogP contribution in [-0.2, 0) is 13.6 Å². The molecule has 2 N–H and O–H groups in total. The van der Waals surface area contributed by atoms with E-state index < -0.39 is 6.10 Å². The van der Waals surface area contributed by atoms with Crippen molar-refractivity contribution >= 4 is 11.2 Å². The minimum atomic E-state index is -0.717. The Hall–Kier alpha value is -1.90. The van der Waals surface area contributed by atoms with Crippen LogP contribution in [0.2, 0.25) is 0 Å². The van der Waals surface area contributed by atoms with E-state index >= 15 is 0 Å². The van der Waals surface area contributed by atoms with Crippen LogP contribution in [0.15, 0.2) is 11.1 Å². The molecule has 2 rings (SSSR count). The third-order valence-electron chi connectivity index (χ3n) is 3.73. The molecular formula is C14H21N4O4-. The smallest absolute Gasteiger partial charge is 0.254 e. The van der Waals surface area contributed by atoms with E-state index in [0.29, 0.717) is 24.3 Å². The van der Waals surface area contributed by atoms with Gasteiger partial charge in [0.15, 0.2) is 5.65 Å². The standard InChI is InChI=1S/C14H22N4O4/c1-9-12(21)11-13(17(3)14(9)22)15-8-18(11)7-10(20)6-16(2)4-5-19/h8,10,19-21H,4-7H2,1-3H3/p-1. The van der Waals surface area contributed by atoms with Gasteiger partial charge < -0.3 is 24.8 Å². The van der Waals surface area contributed by atoms with Gasteiger partial charge >= 0.3 is 0 Å². The van der Waals surface area contributed by atoms with Gasteiger partial charge in [0.2, 0.25) is 0 Å². The molecule has 0 aromatic carbocycles. The van der Waals surface area contributed by atoms with Crippen LogP contribution >= 0.6 is 0 Å². The van der Waals surface area contributed by atoms with Crippen molar-refractivity contribution in [3.63, 3.8) is 0 Å². The molecule has 1 atom stereocenters. The van der Waals surface area contributed by atoms with E-state index in [9.17, 15) is 15.0 Å². The molecule has 0 saturated carbocycles. The molecule has 2 heterocycles. The zero-order valence-corrected chi connectivity index (χ0v) is 13.0. The highest BCUT2D eigenvalue weighted by molar-refractivity contribution is 5.79.